The number of hydrogen-bond donors (Lipinski definition) is 1. The number of ether oxygens (including phenoxy) is 3. The van der Waals surface area contributed by atoms with Gasteiger partial charge in [-0.1, -0.05) is 6.58 Å². The smallest absolute Gasteiger partial charge is 0.331 e. The average molecular weight is 296 g/mol. The Labute approximate surface area is 123 Å². The van der Waals surface area contributed by atoms with Gasteiger partial charge in [0.25, 0.3) is 0 Å². The minimum atomic E-state index is -0.999. The minimum Gasteiger partial charge on any atom is -0.478 e. The Morgan fingerprint density at radius 2 is 1.95 bits per heavy atom. The molecule has 3 atom stereocenters. The van der Waals surface area contributed by atoms with Gasteiger partial charge in [0.15, 0.2) is 12.6 Å². The second-order valence-corrected chi connectivity index (χ2v) is 6.27. The van der Waals surface area contributed by atoms with Crippen LogP contribution in [0.4, 0.5) is 0 Å². The first kappa shape index (κ1) is 14.5. The highest BCUT2D eigenvalue weighted by atomic mass is 16.9. The number of carbonyl (C=O) groups is 2. The zero-order valence-corrected chi connectivity index (χ0v) is 12.3. The van der Waals surface area contributed by atoms with Crippen LogP contribution < -0.4 is 0 Å². The third-order valence-electron chi connectivity index (χ3n) is 5.10. The molecule has 0 bridgehead atoms. The third kappa shape index (κ3) is 1.92. The number of fused-ring (bicyclic) bond motifs is 1. The van der Waals surface area contributed by atoms with Crippen LogP contribution >= 0.6 is 0 Å². The quantitative estimate of drug-likeness (QED) is 0.614. The summed E-state index contributed by atoms with van der Waals surface area (Å²) in [6.07, 6.45) is 0.706. The molecule has 116 valence electrons. The van der Waals surface area contributed by atoms with Crippen LogP contribution in [0.15, 0.2) is 12.2 Å². The molecule has 1 heterocycles. The molecule has 2 saturated carbocycles. The van der Waals surface area contributed by atoms with Gasteiger partial charge in [-0.3, -0.25) is 4.79 Å². The van der Waals surface area contributed by atoms with Crippen LogP contribution in [0.2, 0.25) is 0 Å². The van der Waals surface area contributed by atoms with E-state index in [4.69, 9.17) is 14.2 Å². The summed E-state index contributed by atoms with van der Waals surface area (Å²) in [6, 6.07) is 0. The Hall–Kier alpha value is -1.40. The Balaban J connectivity index is 1.85. The number of esters is 1. The van der Waals surface area contributed by atoms with Gasteiger partial charge in [-0.2, -0.15) is 0 Å². The maximum Gasteiger partial charge on any atom is 0.331 e. The number of carboxylic acid groups (broad SMARTS) is 1. The Morgan fingerprint density at radius 1 is 1.33 bits per heavy atom. The van der Waals surface area contributed by atoms with Gasteiger partial charge in [0.1, 0.15) is 5.41 Å². The first-order valence-electron chi connectivity index (χ1n) is 7.26. The van der Waals surface area contributed by atoms with E-state index >= 15 is 0 Å². The maximum absolute atomic E-state index is 12.4. The van der Waals surface area contributed by atoms with Crippen molar-refractivity contribution in [3.63, 3.8) is 0 Å². The molecule has 0 radical (unpaired) electrons. The summed E-state index contributed by atoms with van der Waals surface area (Å²) in [5.74, 6) is -1.21. The van der Waals surface area contributed by atoms with E-state index in [-0.39, 0.29) is 30.4 Å². The van der Waals surface area contributed by atoms with Crippen LogP contribution in [0.3, 0.4) is 0 Å². The van der Waals surface area contributed by atoms with E-state index in [1.54, 1.807) is 13.8 Å². The number of carbonyl (C=O) groups excluding carboxylic acids is 1. The van der Waals surface area contributed by atoms with Gasteiger partial charge < -0.3 is 19.3 Å². The molecule has 1 N–H and O–H groups in total. The molecule has 0 aromatic carbocycles. The third-order valence-corrected chi connectivity index (χ3v) is 5.10. The molecule has 21 heavy (non-hydrogen) atoms. The zero-order chi connectivity index (χ0) is 15.4. The Morgan fingerprint density at radius 3 is 2.48 bits per heavy atom. The minimum absolute atomic E-state index is 0.147. The normalized spacial score (nSPS) is 43.6. The van der Waals surface area contributed by atoms with Crippen molar-refractivity contribution in [2.24, 2.45) is 16.7 Å². The van der Waals surface area contributed by atoms with Crippen molar-refractivity contribution < 1.29 is 28.9 Å². The molecule has 1 aliphatic heterocycles. The van der Waals surface area contributed by atoms with Gasteiger partial charge in [0.2, 0.25) is 0 Å². The molecule has 3 unspecified atom stereocenters. The van der Waals surface area contributed by atoms with Gasteiger partial charge in [-0.25, -0.2) is 4.79 Å². The van der Waals surface area contributed by atoms with E-state index in [9.17, 15) is 14.7 Å². The first-order chi connectivity index (χ1) is 9.85. The van der Waals surface area contributed by atoms with Gasteiger partial charge in [-0.15, -0.1) is 0 Å². The second kappa shape index (κ2) is 4.55. The number of aliphatic carboxylic acids is 1. The fourth-order valence-electron chi connectivity index (χ4n) is 3.95. The monoisotopic (exact) mass is 296 g/mol. The lowest BCUT2D eigenvalue weighted by molar-refractivity contribution is -0.407. The highest BCUT2D eigenvalue weighted by molar-refractivity contribution is 5.89. The average Bonchev–Trinajstić information content (AvgIpc) is 2.97. The first-order valence-corrected chi connectivity index (χ1v) is 7.26. The molecule has 1 saturated heterocycles. The van der Waals surface area contributed by atoms with Crippen molar-refractivity contribution in [1.29, 1.82) is 0 Å². The topological polar surface area (TPSA) is 82.1 Å². The van der Waals surface area contributed by atoms with Gasteiger partial charge in [0.05, 0.1) is 6.61 Å². The fourth-order valence-corrected chi connectivity index (χ4v) is 3.95. The zero-order valence-electron chi connectivity index (χ0n) is 12.3. The Kier molecular flexibility index (Phi) is 3.15. The molecule has 3 rings (SSSR count). The molecule has 2 aliphatic carbocycles. The largest absolute Gasteiger partial charge is 0.478 e. The van der Waals surface area contributed by atoms with E-state index in [0.717, 1.165) is 6.42 Å². The summed E-state index contributed by atoms with van der Waals surface area (Å²) in [5, 5.41) is 9.22. The summed E-state index contributed by atoms with van der Waals surface area (Å²) < 4.78 is 16.3. The van der Waals surface area contributed by atoms with Crippen LogP contribution in [0.1, 0.15) is 33.1 Å². The highest BCUT2D eigenvalue weighted by Gasteiger charge is 2.73. The van der Waals surface area contributed by atoms with Crippen LogP contribution in [0.25, 0.3) is 0 Å². The molecule has 6 heteroatoms. The molecule has 3 fully saturated rings. The summed E-state index contributed by atoms with van der Waals surface area (Å²) >= 11 is 0. The molecule has 6 nitrogen and oxygen atoms in total. The predicted molar refractivity (Wildman–Crippen MR) is 71.0 cm³/mol. The lowest BCUT2D eigenvalue weighted by Gasteiger charge is -2.45. The molecular formula is C15H20O6. The molecule has 0 spiro atoms. The lowest BCUT2D eigenvalue weighted by Crippen LogP contribution is -2.55. The summed E-state index contributed by atoms with van der Waals surface area (Å²) in [4.78, 5) is 23.7. The highest BCUT2D eigenvalue weighted by Crippen LogP contribution is 2.74. The molecule has 0 amide bonds. The predicted octanol–water partition coefficient (Wildman–Crippen LogP) is 1.70. The summed E-state index contributed by atoms with van der Waals surface area (Å²) in [5.41, 5.74) is -1.21. The SMILES string of the molecule is C=C(C(=O)O)C12CC1CC(C(=O)OCC)(C1OC(C)O1)C2. The number of rotatable bonds is 5. The van der Waals surface area contributed by atoms with Crippen molar-refractivity contribution in [2.45, 2.75) is 45.7 Å². The molecular weight excluding hydrogens is 276 g/mol. The van der Waals surface area contributed by atoms with Crippen molar-refractivity contribution >= 4 is 11.9 Å². The van der Waals surface area contributed by atoms with Gasteiger partial charge in [0, 0.05) is 11.0 Å². The van der Waals surface area contributed by atoms with E-state index in [1.807, 2.05) is 0 Å². The van der Waals surface area contributed by atoms with Crippen molar-refractivity contribution in [2.75, 3.05) is 6.61 Å². The summed E-state index contributed by atoms with van der Waals surface area (Å²) in [6.45, 7) is 7.49. The summed E-state index contributed by atoms with van der Waals surface area (Å²) in [7, 11) is 0. The molecule has 0 aromatic heterocycles. The van der Waals surface area contributed by atoms with Gasteiger partial charge >= 0.3 is 11.9 Å². The van der Waals surface area contributed by atoms with E-state index in [0.29, 0.717) is 12.8 Å². The Bertz CT molecular complexity index is 508. The van der Waals surface area contributed by atoms with Crippen molar-refractivity contribution in [3.05, 3.63) is 12.2 Å². The lowest BCUT2D eigenvalue weighted by atomic mass is 9.77. The van der Waals surface area contributed by atoms with Crippen molar-refractivity contribution in [1.82, 2.24) is 0 Å². The fraction of sp³-hybridized carbons (Fsp3) is 0.733. The second-order valence-electron chi connectivity index (χ2n) is 6.27. The number of hydrogen-bond acceptors (Lipinski definition) is 5. The van der Waals surface area contributed by atoms with E-state index in [1.165, 1.54) is 0 Å². The van der Waals surface area contributed by atoms with E-state index < -0.39 is 23.1 Å². The molecule has 0 aromatic rings. The maximum atomic E-state index is 12.4. The van der Waals surface area contributed by atoms with Crippen LogP contribution in [0.5, 0.6) is 0 Å². The standard InChI is InChI=1S/C15H20O6/c1-4-19-12(18)15(13-20-9(3)21-13)6-10-5-14(10,7-15)8(2)11(16)17/h9-10,13H,2,4-7H2,1,3H3,(H,16,17). The number of carboxylic acids is 1. The van der Waals surface area contributed by atoms with E-state index in [2.05, 4.69) is 6.58 Å². The van der Waals surface area contributed by atoms with Crippen molar-refractivity contribution in [3.8, 4) is 0 Å². The van der Waals surface area contributed by atoms with Crippen LogP contribution in [-0.2, 0) is 23.8 Å². The van der Waals surface area contributed by atoms with Gasteiger partial charge in [-0.05, 0) is 39.0 Å². The van der Waals surface area contributed by atoms with Crippen LogP contribution in [0, 0.1) is 16.7 Å². The molecule has 3 aliphatic rings. The van der Waals surface area contributed by atoms with Crippen LogP contribution in [-0.4, -0.2) is 36.2 Å².